The molecule has 364 valence electrons. The maximum atomic E-state index is 13.4. The number of rotatable bonds is 32. The predicted molar refractivity (Wildman–Crippen MR) is 263 cm³/mol. The fourth-order valence-corrected chi connectivity index (χ4v) is 13.2. The van der Waals surface area contributed by atoms with Gasteiger partial charge in [-0.05, 0) is 130 Å². The Balaban J connectivity index is 1.16. The highest BCUT2D eigenvalue weighted by Crippen LogP contribution is 2.67. The number of fused-ring (bicyclic) bond motifs is 5. The predicted octanol–water partition coefficient (Wildman–Crippen LogP) is 13.5. The van der Waals surface area contributed by atoms with E-state index in [9.17, 15) is 14.4 Å². The maximum Gasteiger partial charge on any atom is 0.407 e. The third-order valence-corrected chi connectivity index (χ3v) is 17.0. The van der Waals surface area contributed by atoms with E-state index in [2.05, 4.69) is 58.3 Å². The molecule has 4 rings (SSSR count). The Hall–Kier alpha value is -2.09. The lowest BCUT2D eigenvalue weighted by molar-refractivity contribution is -0.136. The summed E-state index contributed by atoms with van der Waals surface area (Å²) in [5.41, 5.74) is 7.90. The lowest BCUT2D eigenvalue weighted by Crippen LogP contribution is -2.51. The molecule has 8 heteroatoms. The molecule has 4 aliphatic rings. The van der Waals surface area contributed by atoms with Crippen LogP contribution in [0.3, 0.4) is 0 Å². The van der Waals surface area contributed by atoms with Gasteiger partial charge in [0.1, 0.15) is 6.10 Å². The first-order valence-corrected chi connectivity index (χ1v) is 27.3. The third kappa shape index (κ3) is 17.3. The Labute approximate surface area is 388 Å². The zero-order valence-electron chi connectivity index (χ0n) is 42.0. The first-order valence-electron chi connectivity index (χ1n) is 27.3. The maximum absolute atomic E-state index is 13.4. The van der Waals surface area contributed by atoms with Crippen LogP contribution in [0.4, 0.5) is 4.79 Å². The van der Waals surface area contributed by atoms with Crippen LogP contribution in [-0.4, -0.2) is 61.6 Å². The molecule has 63 heavy (non-hydrogen) atoms. The molecule has 4 N–H and O–H groups in total. The summed E-state index contributed by atoms with van der Waals surface area (Å²) in [5.74, 6) is 4.92. The van der Waals surface area contributed by atoms with Gasteiger partial charge in [0.25, 0.3) is 0 Å². The van der Waals surface area contributed by atoms with Crippen molar-refractivity contribution in [2.75, 3.05) is 32.7 Å². The summed E-state index contributed by atoms with van der Waals surface area (Å²) in [7, 11) is 0. The summed E-state index contributed by atoms with van der Waals surface area (Å²) >= 11 is 0. The van der Waals surface area contributed by atoms with Crippen LogP contribution in [0.15, 0.2) is 11.6 Å². The molecule has 0 aromatic rings. The number of ether oxygens (including phenoxy) is 1. The lowest BCUT2D eigenvalue weighted by atomic mass is 9.47. The van der Waals surface area contributed by atoms with Crippen molar-refractivity contribution in [3.05, 3.63) is 11.6 Å². The Bertz CT molecular complexity index is 1350. The smallest absolute Gasteiger partial charge is 0.407 e. The van der Waals surface area contributed by atoms with Gasteiger partial charge in [-0.3, -0.25) is 9.59 Å². The minimum absolute atomic E-state index is 0.0649. The molecule has 0 unspecified atom stereocenters. The van der Waals surface area contributed by atoms with Gasteiger partial charge in [0.05, 0.1) is 6.54 Å². The van der Waals surface area contributed by atoms with Crippen LogP contribution in [0.25, 0.3) is 0 Å². The number of hydrogen-bond donors (Lipinski definition) is 3. The average Bonchev–Trinajstić information content (AvgIpc) is 3.62. The van der Waals surface area contributed by atoms with E-state index in [0.717, 1.165) is 106 Å². The third-order valence-electron chi connectivity index (χ3n) is 17.0. The highest BCUT2D eigenvalue weighted by atomic mass is 16.6. The molecule has 0 saturated heterocycles. The van der Waals surface area contributed by atoms with E-state index in [-0.39, 0.29) is 36.0 Å². The Morgan fingerprint density at radius 1 is 0.746 bits per heavy atom. The quantitative estimate of drug-likeness (QED) is 0.0460. The molecular weight excluding hydrogens is 781 g/mol. The molecule has 0 spiro atoms. The number of nitrogens with zero attached hydrogens (tertiary/aromatic N) is 1. The fourth-order valence-electron chi connectivity index (χ4n) is 13.2. The van der Waals surface area contributed by atoms with E-state index < -0.39 is 0 Å². The molecule has 3 saturated carbocycles. The number of hydrogen-bond acceptors (Lipinski definition) is 5. The van der Waals surface area contributed by atoms with E-state index in [1.807, 2.05) is 0 Å². The molecule has 0 aromatic heterocycles. The summed E-state index contributed by atoms with van der Waals surface area (Å²) in [6, 6.07) is 0. The molecule has 0 bridgehead atoms. The number of alkyl carbamates (subject to hydrolysis) is 1. The topological polar surface area (TPSA) is 114 Å². The van der Waals surface area contributed by atoms with Gasteiger partial charge in [-0.15, -0.1) is 0 Å². The second-order valence-corrected chi connectivity index (χ2v) is 22.2. The molecule has 0 aliphatic heterocycles. The highest BCUT2D eigenvalue weighted by Gasteiger charge is 2.59. The summed E-state index contributed by atoms with van der Waals surface area (Å²) in [5, 5.41) is 6.05. The summed E-state index contributed by atoms with van der Waals surface area (Å²) in [6.45, 7) is 17.3. The van der Waals surface area contributed by atoms with Gasteiger partial charge in [-0.2, -0.15) is 0 Å². The number of carbonyl (C=O) groups excluding carboxylic acids is 3. The molecular formula is C55H100N4O4. The zero-order valence-corrected chi connectivity index (χ0v) is 42.0. The highest BCUT2D eigenvalue weighted by molar-refractivity contribution is 5.84. The summed E-state index contributed by atoms with van der Waals surface area (Å²) in [6.07, 6.45) is 37.2. The minimum Gasteiger partial charge on any atom is -0.446 e. The average molecular weight is 881 g/mol. The van der Waals surface area contributed by atoms with Crippen LogP contribution < -0.4 is 16.4 Å². The number of allylic oxidation sites excluding steroid dienone is 1. The van der Waals surface area contributed by atoms with Crippen LogP contribution >= 0.6 is 0 Å². The van der Waals surface area contributed by atoms with Gasteiger partial charge in [-0.25, -0.2) is 4.79 Å². The van der Waals surface area contributed by atoms with Crippen molar-refractivity contribution in [1.82, 2.24) is 15.5 Å². The van der Waals surface area contributed by atoms with E-state index in [4.69, 9.17) is 10.5 Å². The summed E-state index contributed by atoms with van der Waals surface area (Å²) < 4.78 is 6.08. The van der Waals surface area contributed by atoms with Crippen LogP contribution in [0, 0.1) is 46.3 Å². The molecule has 0 heterocycles. The van der Waals surface area contributed by atoms with Gasteiger partial charge in [-0.1, -0.05) is 156 Å². The number of unbranched alkanes of at least 4 members (excludes halogenated alkanes) is 15. The fraction of sp³-hybridized carbons (Fsp3) is 0.909. The van der Waals surface area contributed by atoms with Crippen molar-refractivity contribution in [3.8, 4) is 0 Å². The van der Waals surface area contributed by atoms with Crippen LogP contribution in [0.5, 0.6) is 0 Å². The first kappa shape index (κ1) is 53.5. The van der Waals surface area contributed by atoms with Gasteiger partial charge in [0.15, 0.2) is 0 Å². The number of nitrogens with two attached hydrogens (primary N) is 1. The van der Waals surface area contributed by atoms with Gasteiger partial charge in [0, 0.05) is 32.5 Å². The van der Waals surface area contributed by atoms with E-state index in [0.29, 0.717) is 38.0 Å². The zero-order chi connectivity index (χ0) is 45.5. The van der Waals surface area contributed by atoms with Crippen LogP contribution in [0.1, 0.15) is 234 Å². The molecule has 8 atom stereocenters. The van der Waals surface area contributed by atoms with Crippen molar-refractivity contribution in [2.24, 2.45) is 52.1 Å². The van der Waals surface area contributed by atoms with Gasteiger partial charge < -0.3 is 26.0 Å². The van der Waals surface area contributed by atoms with Crippen molar-refractivity contribution >= 4 is 17.9 Å². The van der Waals surface area contributed by atoms with E-state index in [1.165, 1.54) is 116 Å². The number of nitrogens with one attached hydrogen (secondary N) is 2. The minimum atomic E-state index is -0.323. The Morgan fingerprint density at radius 3 is 2.10 bits per heavy atom. The molecule has 3 fully saturated rings. The molecule has 0 aromatic carbocycles. The number of carbonyl (C=O) groups is 3. The van der Waals surface area contributed by atoms with E-state index >= 15 is 0 Å². The Kier molecular flexibility index (Phi) is 24.5. The lowest BCUT2D eigenvalue weighted by Gasteiger charge is -2.58. The van der Waals surface area contributed by atoms with Gasteiger partial charge >= 0.3 is 6.09 Å². The van der Waals surface area contributed by atoms with Crippen molar-refractivity contribution in [1.29, 1.82) is 0 Å². The monoisotopic (exact) mass is 881 g/mol. The van der Waals surface area contributed by atoms with Crippen LogP contribution in [0.2, 0.25) is 0 Å². The van der Waals surface area contributed by atoms with E-state index in [1.54, 1.807) is 10.5 Å². The number of amides is 3. The van der Waals surface area contributed by atoms with Gasteiger partial charge in [0.2, 0.25) is 11.8 Å². The van der Waals surface area contributed by atoms with Crippen molar-refractivity contribution < 1.29 is 19.1 Å². The molecule has 8 nitrogen and oxygen atoms in total. The molecule has 4 aliphatic carbocycles. The molecule has 3 amide bonds. The Morgan fingerprint density at radius 2 is 1.40 bits per heavy atom. The summed E-state index contributed by atoms with van der Waals surface area (Å²) in [4.78, 5) is 41.1. The standard InChI is InChI=1S/C55H100N4O4/c1-7-8-9-10-11-12-13-14-15-16-17-20-28-52(61)59(42-51(60)57-38-22-19-18-21-37-56)40-24-23-39-58-53(62)63-46-33-35-54(5)45(41-46)29-30-47-49-32-31-48(44(4)27-25-26-43(2)3)55(49,6)36-34-50(47)54/h29,43-44,46-50H,7-28,30-42,56H2,1-6H3,(H,57,60)(H,58,62)/t44-,46+,47+,48-,49+,50+,54+,55-/m1/s1. The van der Waals surface area contributed by atoms with Crippen LogP contribution in [-0.2, 0) is 14.3 Å². The second-order valence-electron chi connectivity index (χ2n) is 22.2. The van der Waals surface area contributed by atoms with Crippen molar-refractivity contribution in [2.45, 2.75) is 240 Å². The SMILES string of the molecule is CCCCCCCCCCCCCCC(=O)N(CCCCNC(=O)O[C@H]1CC[C@@]2(C)C(=CC[C@H]3[C@@H]4CC[C@H]([C@H](C)CCCC(C)C)[C@@]4(C)CC[C@@H]32)C1)CC(=O)NCCCCCCN. The van der Waals surface area contributed by atoms with Crippen molar-refractivity contribution in [3.63, 3.8) is 0 Å². The molecule has 0 radical (unpaired) electrons. The normalized spacial score (nSPS) is 26.9. The first-order chi connectivity index (χ1) is 30.4. The second kappa shape index (κ2) is 28.8. The largest absolute Gasteiger partial charge is 0.446 e.